The molecule has 1 amide bonds. The fourth-order valence-electron chi connectivity index (χ4n) is 2.36. The topological polar surface area (TPSA) is 69.0 Å². The van der Waals surface area contributed by atoms with Crippen molar-refractivity contribution in [1.29, 1.82) is 0 Å². The van der Waals surface area contributed by atoms with Gasteiger partial charge in [0.1, 0.15) is 5.75 Å². The second-order valence-corrected chi connectivity index (χ2v) is 5.22. The quantitative estimate of drug-likeness (QED) is 0.757. The maximum atomic E-state index is 12.3. The molecular weight excluding hydrogens is 304 g/mol. The van der Waals surface area contributed by atoms with Gasteiger partial charge >= 0.3 is 0 Å². The first-order valence-electron chi connectivity index (χ1n) is 7.63. The first kappa shape index (κ1) is 15.7. The molecule has 2 heterocycles. The van der Waals surface area contributed by atoms with Crippen molar-refractivity contribution in [2.75, 3.05) is 12.4 Å². The number of nitrogens with one attached hydrogen (secondary N) is 1. The van der Waals surface area contributed by atoms with Gasteiger partial charge in [0.25, 0.3) is 5.91 Å². The van der Waals surface area contributed by atoms with Gasteiger partial charge in [0.15, 0.2) is 5.82 Å². The number of carbonyl (C=O) groups is 1. The molecule has 3 aromatic rings. The minimum absolute atomic E-state index is 0.244. The van der Waals surface area contributed by atoms with E-state index >= 15 is 0 Å². The molecular formula is C18H18N4O2. The summed E-state index contributed by atoms with van der Waals surface area (Å²) in [5.41, 5.74) is 1.67. The predicted molar refractivity (Wildman–Crippen MR) is 91.1 cm³/mol. The number of ether oxygens (including phenoxy) is 1. The highest BCUT2D eigenvalue weighted by molar-refractivity contribution is 6.05. The van der Waals surface area contributed by atoms with Crippen molar-refractivity contribution in [1.82, 2.24) is 14.8 Å². The summed E-state index contributed by atoms with van der Waals surface area (Å²) in [6.45, 7) is 0.731. The Morgan fingerprint density at radius 2 is 1.96 bits per heavy atom. The van der Waals surface area contributed by atoms with Crippen LogP contribution in [0, 0.1) is 0 Å². The molecule has 0 aliphatic carbocycles. The standard InChI is InChI=1S/C18H18N4O2/c1-24-16-5-3-2-4-15(16)18(23)20-17-9-13-22(21-17)12-8-14-6-10-19-11-7-14/h2-7,9-11,13H,8,12H2,1H3,(H,20,21,23). The number of amides is 1. The van der Waals surface area contributed by atoms with Gasteiger partial charge in [0.05, 0.1) is 12.7 Å². The lowest BCUT2D eigenvalue weighted by molar-refractivity contribution is 0.102. The Labute approximate surface area is 140 Å². The van der Waals surface area contributed by atoms with Crippen molar-refractivity contribution in [3.63, 3.8) is 0 Å². The van der Waals surface area contributed by atoms with E-state index in [1.807, 2.05) is 24.4 Å². The molecule has 0 radical (unpaired) electrons. The van der Waals surface area contributed by atoms with Crippen LogP contribution in [0.3, 0.4) is 0 Å². The first-order chi connectivity index (χ1) is 11.8. The van der Waals surface area contributed by atoms with E-state index in [-0.39, 0.29) is 5.91 Å². The minimum Gasteiger partial charge on any atom is -0.496 e. The predicted octanol–water partition coefficient (Wildman–Crippen LogP) is 2.78. The molecule has 0 unspecified atom stereocenters. The second-order valence-electron chi connectivity index (χ2n) is 5.22. The van der Waals surface area contributed by atoms with Crippen LogP contribution in [0.1, 0.15) is 15.9 Å². The Hall–Kier alpha value is -3.15. The highest BCUT2D eigenvalue weighted by Crippen LogP contribution is 2.18. The van der Waals surface area contributed by atoms with Crippen molar-refractivity contribution >= 4 is 11.7 Å². The molecule has 1 N–H and O–H groups in total. The maximum Gasteiger partial charge on any atom is 0.260 e. The number of benzene rings is 1. The monoisotopic (exact) mass is 322 g/mol. The third-order valence-electron chi connectivity index (χ3n) is 3.61. The third-order valence-corrected chi connectivity index (χ3v) is 3.61. The van der Waals surface area contributed by atoms with E-state index in [0.717, 1.165) is 13.0 Å². The number of methoxy groups -OCH3 is 1. The van der Waals surface area contributed by atoms with Gasteiger partial charge in [0.2, 0.25) is 0 Å². The molecule has 6 nitrogen and oxygen atoms in total. The number of para-hydroxylation sites is 1. The fraction of sp³-hybridized carbons (Fsp3) is 0.167. The number of nitrogens with zero attached hydrogens (tertiary/aromatic N) is 3. The number of hydrogen-bond donors (Lipinski definition) is 1. The Balaban J connectivity index is 1.62. The van der Waals surface area contributed by atoms with Crippen molar-refractivity contribution in [2.45, 2.75) is 13.0 Å². The summed E-state index contributed by atoms with van der Waals surface area (Å²) in [7, 11) is 1.54. The number of anilines is 1. The summed E-state index contributed by atoms with van der Waals surface area (Å²) in [5, 5.41) is 7.17. The van der Waals surface area contributed by atoms with Gasteiger partial charge in [-0.15, -0.1) is 0 Å². The van der Waals surface area contributed by atoms with Crippen LogP contribution in [-0.2, 0) is 13.0 Å². The number of hydrogen-bond acceptors (Lipinski definition) is 4. The van der Waals surface area contributed by atoms with Crippen LogP contribution in [0.2, 0.25) is 0 Å². The van der Waals surface area contributed by atoms with Crippen LogP contribution in [0.5, 0.6) is 5.75 Å². The van der Waals surface area contributed by atoms with E-state index in [9.17, 15) is 4.79 Å². The highest BCUT2D eigenvalue weighted by atomic mass is 16.5. The highest BCUT2D eigenvalue weighted by Gasteiger charge is 2.12. The van der Waals surface area contributed by atoms with Gasteiger partial charge in [-0.2, -0.15) is 5.10 Å². The zero-order chi connectivity index (χ0) is 16.8. The Bertz CT molecular complexity index is 815. The zero-order valence-corrected chi connectivity index (χ0v) is 13.3. The minimum atomic E-state index is -0.244. The summed E-state index contributed by atoms with van der Waals surface area (Å²) >= 11 is 0. The molecule has 0 aliphatic heterocycles. The second kappa shape index (κ2) is 7.41. The van der Waals surface area contributed by atoms with Gasteiger partial charge in [-0.3, -0.25) is 14.5 Å². The summed E-state index contributed by atoms with van der Waals surface area (Å²) in [6, 6.07) is 12.8. The van der Waals surface area contributed by atoms with Gasteiger partial charge in [-0.05, 0) is 36.2 Å². The average molecular weight is 322 g/mol. The zero-order valence-electron chi connectivity index (χ0n) is 13.3. The Morgan fingerprint density at radius 1 is 1.17 bits per heavy atom. The van der Waals surface area contributed by atoms with E-state index in [1.54, 1.807) is 48.5 Å². The molecule has 0 saturated carbocycles. The number of aryl methyl sites for hydroxylation is 2. The first-order valence-corrected chi connectivity index (χ1v) is 7.63. The van der Waals surface area contributed by atoms with Crippen LogP contribution in [0.15, 0.2) is 61.1 Å². The normalized spacial score (nSPS) is 10.4. The molecule has 3 rings (SSSR count). The van der Waals surface area contributed by atoms with Gasteiger partial charge in [-0.1, -0.05) is 12.1 Å². The molecule has 0 saturated heterocycles. The van der Waals surface area contributed by atoms with E-state index < -0.39 is 0 Å². The fourth-order valence-corrected chi connectivity index (χ4v) is 2.36. The van der Waals surface area contributed by atoms with Crippen LogP contribution < -0.4 is 10.1 Å². The molecule has 24 heavy (non-hydrogen) atoms. The molecule has 0 spiro atoms. The molecule has 0 atom stereocenters. The third kappa shape index (κ3) is 3.78. The van der Waals surface area contributed by atoms with Crippen molar-refractivity contribution in [2.24, 2.45) is 0 Å². The molecule has 2 aromatic heterocycles. The molecule has 0 fully saturated rings. The number of aromatic nitrogens is 3. The maximum absolute atomic E-state index is 12.3. The Morgan fingerprint density at radius 3 is 2.75 bits per heavy atom. The van der Waals surface area contributed by atoms with Crippen LogP contribution in [-0.4, -0.2) is 27.8 Å². The molecule has 0 bridgehead atoms. The van der Waals surface area contributed by atoms with Crippen LogP contribution in [0.4, 0.5) is 5.82 Å². The van der Waals surface area contributed by atoms with Gasteiger partial charge < -0.3 is 10.1 Å². The molecule has 6 heteroatoms. The Kier molecular flexibility index (Phi) is 4.86. The van der Waals surface area contributed by atoms with Crippen molar-refractivity contribution in [3.05, 3.63) is 72.2 Å². The van der Waals surface area contributed by atoms with E-state index in [2.05, 4.69) is 15.4 Å². The summed E-state index contributed by atoms with van der Waals surface area (Å²) in [4.78, 5) is 16.3. The number of carbonyl (C=O) groups excluding carboxylic acids is 1. The SMILES string of the molecule is COc1ccccc1C(=O)Nc1ccn(CCc2ccncc2)n1. The lowest BCUT2D eigenvalue weighted by Crippen LogP contribution is -2.14. The van der Waals surface area contributed by atoms with Crippen molar-refractivity contribution in [3.8, 4) is 5.75 Å². The van der Waals surface area contributed by atoms with E-state index in [1.165, 1.54) is 5.56 Å². The average Bonchev–Trinajstić information content (AvgIpc) is 3.08. The lowest BCUT2D eigenvalue weighted by atomic mass is 10.2. The number of pyridine rings is 1. The largest absolute Gasteiger partial charge is 0.496 e. The summed E-state index contributed by atoms with van der Waals surface area (Å²) < 4.78 is 7.01. The molecule has 122 valence electrons. The van der Waals surface area contributed by atoms with E-state index in [4.69, 9.17) is 4.74 Å². The summed E-state index contributed by atoms with van der Waals surface area (Å²) in [5.74, 6) is 0.805. The smallest absolute Gasteiger partial charge is 0.260 e. The lowest BCUT2D eigenvalue weighted by Gasteiger charge is -2.07. The van der Waals surface area contributed by atoms with Crippen LogP contribution in [0.25, 0.3) is 0 Å². The molecule has 0 aliphatic rings. The van der Waals surface area contributed by atoms with Gasteiger partial charge in [-0.25, -0.2) is 0 Å². The van der Waals surface area contributed by atoms with Crippen LogP contribution >= 0.6 is 0 Å². The summed E-state index contributed by atoms with van der Waals surface area (Å²) in [6.07, 6.45) is 6.25. The van der Waals surface area contributed by atoms with E-state index in [0.29, 0.717) is 17.1 Å². The molecule has 1 aromatic carbocycles. The van der Waals surface area contributed by atoms with Crippen molar-refractivity contribution < 1.29 is 9.53 Å². The number of rotatable bonds is 6. The van der Waals surface area contributed by atoms with Gasteiger partial charge in [0, 0.05) is 31.2 Å².